The molecule has 10 heavy (non-hydrogen) atoms. The van der Waals surface area contributed by atoms with Crippen LogP contribution in [-0.2, 0) is 17.1 Å². The number of halogens is 2. The third-order valence-corrected chi connectivity index (χ3v) is 0. The Bertz CT molecular complexity index is 17.6. The van der Waals surface area contributed by atoms with E-state index in [4.69, 9.17) is 5.11 Å². The zero-order valence-corrected chi connectivity index (χ0v) is 7.98. The van der Waals surface area contributed by atoms with Crippen molar-refractivity contribution in [3.8, 4) is 0 Å². The van der Waals surface area contributed by atoms with Crippen molar-refractivity contribution >= 4 is 0 Å². The largest absolute Gasteiger partial charge is 2.00 e. The van der Waals surface area contributed by atoms with Gasteiger partial charge in [-0.25, -0.2) is 0 Å². The molecule has 73 valence electrons. The SMILES string of the molecule is CCO.O.O.O.O.[Cl-].[Cl-].[Mn+2]. The van der Waals surface area contributed by atoms with Crippen molar-refractivity contribution in [2.45, 2.75) is 6.92 Å². The number of aliphatic hydroxyl groups is 1. The second-order valence-corrected chi connectivity index (χ2v) is 0.316. The first-order valence-corrected chi connectivity index (χ1v) is 1.02. The summed E-state index contributed by atoms with van der Waals surface area (Å²) in [7, 11) is 0. The minimum Gasteiger partial charge on any atom is -1.00 e. The predicted molar refractivity (Wildman–Crippen MR) is 27.2 cm³/mol. The fourth-order valence-corrected chi connectivity index (χ4v) is 0. The molecular formula is C2H14Cl2MnO5. The molecular weight excluding hydrogens is 230 g/mol. The van der Waals surface area contributed by atoms with Gasteiger partial charge < -0.3 is 51.8 Å². The van der Waals surface area contributed by atoms with Crippen molar-refractivity contribution in [2.24, 2.45) is 0 Å². The first-order chi connectivity index (χ1) is 1.41. The van der Waals surface area contributed by atoms with Crippen molar-refractivity contribution in [3.63, 3.8) is 0 Å². The molecule has 1 radical (unpaired) electrons. The molecule has 5 nitrogen and oxygen atoms in total. The third-order valence-electron chi connectivity index (χ3n) is 0. The summed E-state index contributed by atoms with van der Waals surface area (Å²) in [5.41, 5.74) is 0. The van der Waals surface area contributed by atoms with Crippen LogP contribution in [0.4, 0.5) is 0 Å². The van der Waals surface area contributed by atoms with Crippen LogP contribution in [0.25, 0.3) is 0 Å². The zero-order valence-electron chi connectivity index (χ0n) is 5.29. The molecule has 0 aromatic rings. The van der Waals surface area contributed by atoms with Crippen LogP contribution in [0.15, 0.2) is 0 Å². The van der Waals surface area contributed by atoms with Gasteiger partial charge >= 0.3 is 17.1 Å². The molecule has 0 atom stereocenters. The number of rotatable bonds is 0. The molecule has 0 rings (SSSR count). The standard InChI is InChI=1S/C2H6O.2ClH.Mn.4H2O/c1-2-3;;;;;;;/h3H,2H2,1H3;2*1H;;4*1H2/q;;;+2;;;;/p-2. The van der Waals surface area contributed by atoms with Gasteiger partial charge in [-0.15, -0.1) is 0 Å². The minimum atomic E-state index is 0. The Kier molecular flexibility index (Phi) is 2760. The second kappa shape index (κ2) is 217. The van der Waals surface area contributed by atoms with Crippen molar-refractivity contribution in [3.05, 3.63) is 0 Å². The quantitative estimate of drug-likeness (QED) is 0.414. The molecule has 0 amide bonds. The van der Waals surface area contributed by atoms with Gasteiger partial charge in [0.1, 0.15) is 0 Å². The molecule has 0 aliphatic heterocycles. The normalized spacial score (nSPS) is 1.80. The van der Waals surface area contributed by atoms with Gasteiger partial charge in [-0.3, -0.25) is 0 Å². The van der Waals surface area contributed by atoms with E-state index in [1.807, 2.05) is 0 Å². The van der Waals surface area contributed by atoms with E-state index in [-0.39, 0.29) is 70.4 Å². The molecule has 0 aliphatic carbocycles. The van der Waals surface area contributed by atoms with Gasteiger partial charge in [-0.1, -0.05) is 0 Å². The number of aliphatic hydroxyl groups excluding tert-OH is 1. The smallest absolute Gasteiger partial charge is 1.00 e. The molecule has 0 aliphatic rings. The summed E-state index contributed by atoms with van der Waals surface area (Å²) >= 11 is 0. The molecule has 0 unspecified atom stereocenters. The third kappa shape index (κ3) is 686. The van der Waals surface area contributed by atoms with Gasteiger partial charge in [0.15, 0.2) is 0 Å². The topological polar surface area (TPSA) is 146 Å². The van der Waals surface area contributed by atoms with Crippen LogP contribution in [0.3, 0.4) is 0 Å². The monoisotopic (exact) mass is 243 g/mol. The molecule has 0 saturated heterocycles. The Hall–Kier alpha value is 0.899. The molecule has 0 aromatic carbocycles. The predicted octanol–water partition coefficient (Wildman–Crippen LogP) is -9.29. The summed E-state index contributed by atoms with van der Waals surface area (Å²) in [5.74, 6) is 0. The second-order valence-electron chi connectivity index (χ2n) is 0.316. The van der Waals surface area contributed by atoms with Crippen molar-refractivity contribution < 1.29 is 68.9 Å². The molecule has 0 saturated carbocycles. The van der Waals surface area contributed by atoms with E-state index in [1.165, 1.54) is 0 Å². The molecule has 0 fully saturated rings. The average Bonchev–Trinajstić information content (AvgIpc) is 0.918. The van der Waals surface area contributed by atoms with Crippen molar-refractivity contribution in [1.82, 2.24) is 0 Å². The molecule has 8 heteroatoms. The maximum atomic E-state index is 7.57. The summed E-state index contributed by atoms with van der Waals surface area (Å²) in [4.78, 5) is 0. The summed E-state index contributed by atoms with van der Waals surface area (Å²) in [6.45, 7) is 1.93. The van der Waals surface area contributed by atoms with Gasteiger partial charge in [-0.05, 0) is 6.92 Å². The Morgan fingerprint density at radius 3 is 0.900 bits per heavy atom. The van der Waals surface area contributed by atoms with E-state index >= 15 is 0 Å². The van der Waals surface area contributed by atoms with Crippen molar-refractivity contribution in [1.29, 1.82) is 0 Å². The van der Waals surface area contributed by atoms with Crippen LogP contribution in [0, 0.1) is 0 Å². The summed E-state index contributed by atoms with van der Waals surface area (Å²) < 4.78 is 0. The van der Waals surface area contributed by atoms with E-state index in [0.717, 1.165) is 0 Å². The molecule has 0 spiro atoms. The Balaban J connectivity index is -0.000000000952. The maximum absolute atomic E-state index is 7.57. The number of hydrogen-bond donors (Lipinski definition) is 1. The van der Waals surface area contributed by atoms with E-state index in [0.29, 0.717) is 0 Å². The molecule has 9 N–H and O–H groups in total. The Morgan fingerprint density at radius 2 is 0.900 bits per heavy atom. The molecule has 0 heterocycles. The average molecular weight is 244 g/mol. The van der Waals surface area contributed by atoms with Crippen LogP contribution in [-0.4, -0.2) is 33.6 Å². The van der Waals surface area contributed by atoms with Gasteiger partial charge in [0.05, 0.1) is 0 Å². The fourth-order valence-electron chi connectivity index (χ4n) is 0. The van der Waals surface area contributed by atoms with Crippen LogP contribution in [0.5, 0.6) is 0 Å². The molecule has 0 bridgehead atoms. The fraction of sp³-hybridized carbons (Fsp3) is 1.00. The van der Waals surface area contributed by atoms with Crippen LogP contribution >= 0.6 is 0 Å². The molecule has 0 aromatic heterocycles. The Labute approximate surface area is 82.7 Å². The minimum absolute atomic E-state index is 0. The first-order valence-electron chi connectivity index (χ1n) is 1.02. The van der Waals surface area contributed by atoms with Gasteiger partial charge in [0.25, 0.3) is 0 Å². The van der Waals surface area contributed by atoms with Gasteiger partial charge in [-0.2, -0.15) is 0 Å². The summed E-state index contributed by atoms with van der Waals surface area (Å²) in [5, 5.41) is 7.57. The zero-order chi connectivity index (χ0) is 2.71. The van der Waals surface area contributed by atoms with Crippen molar-refractivity contribution in [2.75, 3.05) is 6.61 Å². The summed E-state index contributed by atoms with van der Waals surface area (Å²) in [6, 6.07) is 0. The van der Waals surface area contributed by atoms with E-state index in [1.54, 1.807) is 6.92 Å². The summed E-state index contributed by atoms with van der Waals surface area (Å²) in [6.07, 6.45) is 0. The first kappa shape index (κ1) is 127. The van der Waals surface area contributed by atoms with Gasteiger partial charge in [0.2, 0.25) is 0 Å². The van der Waals surface area contributed by atoms with E-state index < -0.39 is 0 Å². The van der Waals surface area contributed by atoms with E-state index in [9.17, 15) is 0 Å². The van der Waals surface area contributed by atoms with Crippen LogP contribution in [0.1, 0.15) is 6.92 Å². The van der Waals surface area contributed by atoms with E-state index in [2.05, 4.69) is 0 Å². The van der Waals surface area contributed by atoms with Crippen LogP contribution < -0.4 is 24.8 Å². The Morgan fingerprint density at radius 1 is 0.900 bits per heavy atom. The maximum Gasteiger partial charge on any atom is 2.00 e. The number of hydrogen-bond acceptors (Lipinski definition) is 1. The van der Waals surface area contributed by atoms with Crippen LogP contribution in [0.2, 0.25) is 0 Å². The van der Waals surface area contributed by atoms with Gasteiger partial charge in [0, 0.05) is 6.61 Å².